The third kappa shape index (κ3) is 2.62. The first-order valence-electron chi connectivity index (χ1n) is 6.29. The van der Waals surface area contributed by atoms with E-state index in [1.54, 1.807) is 11.3 Å². The van der Waals surface area contributed by atoms with Gasteiger partial charge in [0.05, 0.1) is 5.39 Å². The van der Waals surface area contributed by atoms with Crippen LogP contribution < -0.4 is 5.32 Å². The largest absolute Gasteiger partial charge is 0.371 e. The topological polar surface area (TPSA) is 47.0 Å². The summed E-state index contributed by atoms with van der Waals surface area (Å²) in [5, 5.41) is 4.40. The molecule has 0 fully saturated rings. The van der Waals surface area contributed by atoms with Crippen molar-refractivity contribution in [1.82, 2.24) is 9.97 Å². The first-order valence-corrected chi connectivity index (χ1v) is 7.10. The van der Waals surface area contributed by atoms with Crippen LogP contribution in [0.4, 0.5) is 5.82 Å². The zero-order chi connectivity index (χ0) is 13.1. The van der Waals surface area contributed by atoms with Crippen LogP contribution in [0, 0.1) is 6.92 Å². The Bertz CT molecular complexity index is 538. The third-order valence-electron chi connectivity index (χ3n) is 2.66. The molecular weight excluding hydrogens is 246 g/mol. The Balaban J connectivity index is 2.49. The monoisotopic (exact) mass is 265 g/mol. The normalized spacial score (nSPS) is 12.9. The lowest BCUT2D eigenvalue weighted by Crippen LogP contribution is -2.08. The van der Waals surface area contributed by atoms with Crippen LogP contribution in [0.2, 0.25) is 0 Å². The van der Waals surface area contributed by atoms with Crippen molar-refractivity contribution < 1.29 is 4.74 Å². The molecular formula is C13H19N3OS. The summed E-state index contributed by atoms with van der Waals surface area (Å²) >= 11 is 1.70. The van der Waals surface area contributed by atoms with Crippen molar-refractivity contribution >= 4 is 27.4 Å². The molecule has 5 heteroatoms. The number of hydrogen-bond acceptors (Lipinski definition) is 5. The van der Waals surface area contributed by atoms with E-state index in [0.29, 0.717) is 6.61 Å². The van der Waals surface area contributed by atoms with Crippen LogP contribution in [0.15, 0.2) is 6.07 Å². The summed E-state index contributed by atoms with van der Waals surface area (Å²) in [6.07, 6.45) is -0.0702. The Morgan fingerprint density at radius 3 is 2.83 bits per heavy atom. The quantitative estimate of drug-likeness (QED) is 0.898. The molecule has 0 radical (unpaired) electrons. The van der Waals surface area contributed by atoms with Crippen molar-refractivity contribution in [2.24, 2.45) is 0 Å². The minimum absolute atomic E-state index is 0.0702. The van der Waals surface area contributed by atoms with E-state index >= 15 is 0 Å². The zero-order valence-electron chi connectivity index (χ0n) is 11.3. The molecule has 2 aromatic rings. The molecule has 0 aliphatic heterocycles. The van der Waals surface area contributed by atoms with Gasteiger partial charge in [-0.25, -0.2) is 9.97 Å². The second-order valence-electron chi connectivity index (χ2n) is 4.13. The predicted octanol–water partition coefficient (Wildman–Crippen LogP) is 3.53. The number of ether oxygens (including phenoxy) is 1. The van der Waals surface area contributed by atoms with Gasteiger partial charge in [0.1, 0.15) is 16.8 Å². The molecule has 0 amide bonds. The van der Waals surface area contributed by atoms with E-state index in [-0.39, 0.29) is 6.10 Å². The van der Waals surface area contributed by atoms with Gasteiger partial charge in [0.25, 0.3) is 0 Å². The van der Waals surface area contributed by atoms with Gasteiger partial charge in [-0.3, -0.25) is 0 Å². The molecule has 0 saturated carbocycles. The molecule has 1 atom stereocenters. The molecule has 0 aliphatic carbocycles. The molecule has 0 bridgehead atoms. The Morgan fingerprint density at radius 1 is 1.39 bits per heavy atom. The number of thiophene rings is 1. The van der Waals surface area contributed by atoms with Gasteiger partial charge in [-0.2, -0.15) is 0 Å². The molecule has 1 N–H and O–H groups in total. The highest BCUT2D eigenvalue weighted by Gasteiger charge is 2.14. The van der Waals surface area contributed by atoms with E-state index in [1.807, 2.05) is 13.8 Å². The van der Waals surface area contributed by atoms with Crippen molar-refractivity contribution in [1.29, 1.82) is 0 Å². The van der Waals surface area contributed by atoms with Crippen molar-refractivity contribution in [3.05, 3.63) is 16.8 Å². The van der Waals surface area contributed by atoms with Crippen molar-refractivity contribution in [3.8, 4) is 0 Å². The maximum Gasteiger partial charge on any atom is 0.160 e. The lowest BCUT2D eigenvalue weighted by molar-refractivity contribution is 0.0704. The Kier molecular flexibility index (Phi) is 4.14. The van der Waals surface area contributed by atoms with Crippen LogP contribution in [0.3, 0.4) is 0 Å². The first-order chi connectivity index (χ1) is 8.65. The number of anilines is 1. The highest BCUT2D eigenvalue weighted by Crippen LogP contribution is 2.30. The molecule has 1 unspecified atom stereocenters. The van der Waals surface area contributed by atoms with Crippen LogP contribution in [0.5, 0.6) is 0 Å². The summed E-state index contributed by atoms with van der Waals surface area (Å²) in [4.78, 5) is 11.5. The summed E-state index contributed by atoms with van der Waals surface area (Å²) < 4.78 is 5.57. The van der Waals surface area contributed by atoms with Gasteiger partial charge in [-0.05, 0) is 33.8 Å². The Labute approximate surface area is 111 Å². The van der Waals surface area contributed by atoms with Crippen LogP contribution >= 0.6 is 11.3 Å². The maximum absolute atomic E-state index is 5.57. The standard InChI is InChI=1S/C13H19N3OS/c1-5-14-12-10-7-8(3)18-13(10)16-11(15-12)9(4)17-6-2/h7,9H,5-6H2,1-4H3,(H,14,15,16). The molecule has 98 valence electrons. The SMILES string of the molecule is CCNc1nc(C(C)OCC)nc2sc(C)cc12. The summed E-state index contributed by atoms with van der Waals surface area (Å²) in [6, 6.07) is 2.13. The molecule has 18 heavy (non-hydrogen) atoms. The molecule has 2 rings (SSSR count). The second-order valence-corrected chi connectivity index (χ2v) is 5.37. The van der Waals surface area contributed by atoms with Gasteiger partial charge in [0.2, 0.25) is 0 Å². The number of fused-ring (bicyclic) bond motifs is 1. The fraction of sp³-hybridized carbons (Fsp3) is 0.538. The lowest BCUT2D eigenvalue weighted by Gasteiger charge is -2.12. The Hall–Kier alpha value is -1.20. The van der Waals surface area contributed by atoms with Gasteiger partial charge >= 0.3 is 0 Å². The van der Waals surface area contributed by atoms with E-state index < -0.39 is 0 Å². The molecule has 0 saturated heterocycles. The number of aromatic nitrogens is 2. The second kappa shape index (κ2) is 5.63. The minimum atomic E-state index is -0.0702. The van der Waals surface area contributed by atoms with Crippen LogP contribution in [0.1, 0.15) is 37.6 Å². The first kappa shape index (κ1) is 13.2. The molecule has 2 aromatic heterocycles. The van der Waals surface area contributed by atoms with E-state index in [2.05, 4.69) is 35.2 Å². The summed E-state index contributed by atoms with van der Waals surface area (Å²) in [6.45, 7) is 9.65. The lowest BCUT2D eigenvalue weighted by atomic mass is 10.3. The van der Waals surface area contributed by atoms with Gasteiger partial charge in [-0.15, -0.1) is 11.3 Å². The van der Waals surface area contributed by atoms with Gasteiger partial charge < -0.3 is 10.1 Å². The number of nitrogens with one attached hydrogen (secondary N) is 1. The number of aryl methyl sites for hydroxylation is 1. The molecule has 4 nitrogen and oxygen atoms in total. The van der Waals surface area contributed by atoms with Crippen molar-refractivity contribution in [2.45, 2.75) is 33.8 Å². The molecule has 2 heterocycles. The number of rotatable bonds is 5. The molecule has 0 spiro atoms. The maximum atomic E-state index is 5.57. The highest BCUT2D eigenvalue weighted by atomic mass is 32.1. The number of hydrogen-bond donors (Lipinski definition) is 1. The summed E-state index contributed by atoms with van der Waals surface area (Å²) in [5.41, 5.74) is 0. The van der Waals surface area contributed by atoms with Crippen molar-refractivity contribution in [3.63, 3.8) is 0 Å². The summed E-state index contributed by atoms with van der Waals surface area (Å²) in [5.74, 6) is 1.66. The minimum Gasteiger partial charge on any atom is -0.371 e. The Morgan fingerprint density at radius 2 is 2.17 bits per heavy atom. The van der Waals surface area contributed by atoms with Crippen LogP contribution in [-0.2, 0) is 4.74 Å². The van der Waals surface area contributed by atoms with Crippen LogP contribution in [-0.4, -0.2) is 23.1 Å². The third-order valence-corrected chi connectivity index (χ3v) is 3.60. The average molecular weight is 265 g/mol. The smallest absolute Gasteiger partial charge is 0.160 e. The zero-order valence-corrected chi connectivity index (χ0v) is 12.1. The van der Waals surface area contributed by atoms with E-state index in [9.17, 15) is 0 Å². The average Bonchev–Trinajstić information content (AvgIpc) is 2.70. The van der Waals surface area contributed by atoms with Crippen LogP contribution in [0.25, 0.3) is 10.2 Å². The summed E-state index contributed by atoms with van der Waals surface area (Å²) in [7, 11) is 0. The van der Waals surface area contributed by atoms with Crippen molar-refractivity contribution in [2.75, 3.05) is 18.5 Å². The fourth-order valence-electron chi connectivity index (χ4n) is 1.87. The predicted molar refractivity (Wildman–Crippen MR) is 76.4 cm³/mol. The van der Waals surface area contributed by atoms with E-state index in [4.69, 9.17) is 4.74 Å². The number of nitrogens with zero attached hydrogens (tertiary/aromatic N) is 2. The molecule has 0 aromatic carbocycles. The van der Waals surface area contributed by atoms with E-state index in [0.717, 1.165) is 28.4 Å². The van der Waals surface area contributed by atoms with Gasteiger partial charge in [-0.1, -0.05) is 0 Å². The molecule has 0 aliphatic rings. The van der Waals surface area contributed by atoms with E-state index in [1.165, 1.54) is 4.88 Å². The van der Waals surface area contributed by atoms with Gasteiger partial charge in [0, 0.05) is 18.0 Å². The highest BCUT2D eigenvalue weighted by molar-refractivity contribution is 7.18. The fourth-order valence-corrected chi connectivity index (χ4v) is 2.75. The van der Waals surface area contributed by atoms with Gasteiger partial charge in [0.15, 0.2) is 5.82 Å².